The number of hydrogen-bond donors (Lipinski definition) is 1. The van der Waals surface area contributed by atoms with Gasteiger partial charge in [-0.3, -0.25) is 4.90 Å². The molecule has 1 atom stereocenters. The highest BCUT2D eigenvalue weighted by Crippen LogP contribution is 2.40. The number of likely N-dealkylation sites (N-methyl/N-ethyl adjacent to an activating group) is 1. The van der Waals surface area contributed by atoms with E-state index in [0.717, 1.165) is 48.3 Å². The Morgan fingerprint density at radius 1 is 1.16 bits per heavy atom. The minimum absolute atomic E-state index is 0.0356. The molecule has 7 heteroatoms. The Hall–Kier alpha value is -1.96. The van der Waals surface area contributed by atoms with Gasteiger partial charge in [0.05, 0.1) is 10.9 Å². The summed E-state index contributed by atoms with van der Waals surface area (Å²) in [5.74, 6) is 0.990. The monoisotopic (exact) mass is 357 g/mol. The van der Waals surface area contributed by atoms with Crippen LogP contribution < -0.4 is 0 Å². The summed E-state index contributed by atoms with van der Waals surface area (Å²) in [5.41, 5.74) is 1.20. The molecule has 1 aliphatic heterocycles. The molecule has 1 saturated heterocycles. The van der Waals surface area contributed by atoms with Gasteiger partial charge in [0.1, 0.15) is 0 Å². The van der Waals surface area contributed by atoms with E-state index in [1.165, 1.54) is 5.56 Å². The maximum atomic E-state index is 10.8. The molecule has 0 saturated carbocycles. The fourth-order valence-electron chi connectivity index (χ4n) is 3.36. The number of hydrogen-bond acceptors (Lipinski definition) is 6. The molecule has 1 aliphatic rings. The van der Waals surface area contributed by atoms with E-state index in [9.17, 15) is 5.11 Å². The van der Waals surface area contributed by atoms with Crippen LogP contribution >= 0.6 is 11.3 Å². The highest BCUT2D eigenvalue weighted by molar-refractivity contribution is 7.17. The van der Waals surface area contributed by atoms with Crippen molar-refractivity contribution in [1.82, 2.24) is 24.4 Å². The molecule has 25 heavy (non-hydrogen) atoms. The highest BCUT2D eigenvalue weighted by Gasteiger charge is 2.30. The zero-order valence-corrected chi connectivity index (χ0v) is 15.4. The molecule has 3 heterocycles. The smallest absolute Gasteiger partial charge is 0.230 e. The van der Waals surface area contributed by atoms with Gasteiger partial charge in [0.15, 0.2) is 5.82 Å². The molecule has 0 radical (unpaired) electrons. The zero-order chi connectivity index (χ0) is 17.4. The van der Waals surface area contributed by atoms with Crippen LogP contribution in [0.1, 0.15) is 29.2 Å². The molecule has 0 bridgehead atoms. The molecule has 0 aliphatic carbocycles. The molecule has 2 aromatic heterocycles. The quantitative estimate of drug-likeness (QED) is 0.777. The summed E-state index contributed by atoms with van der Waals surface area (Å²) in [6, 6.07) is 10.4. The molecule has 1 fully saturated rings. The van der Waals surface area contributed by atoms with E-state index in [4.69, 9.17) is 0 Å². The normalized spacial score (nSPS) is 18.0. The predicted molar refractivity (Wildman–Crippen MR) is 99.3 cm³/mol. The van der Waals surface area contributed by atoms with Crippen molar-refractivity contribution in [3.8, 4) is 5.88 Å². The van der Waals surface area contributed by atoms with Crippen molar-refractivity contribution in [3.05, 3.63) is 46.6 Å². The molecule has 0 spiro atoms. The number of aromatic hydroxyl groups is 1. The molecule has 1 N–H and O–H groups in total. The Morgan fingerprint density at radius 3 is 2.52 bits per heavy atom. The first-order valence-electron chi connectivity index (χ1n) is 8.72. The second kappa shape index (κ2) is 6.74. The molecular formula is C18H23N5OS. The van der Waals surface area contributed by atoms with Gasteiger partial charge >= 0.3 is 0 Å². The van der Waals surface area contributed by atoms with Crippen molar-refractivity contribution < 1.29 is 5.11 Å². The molecule has 0 amide bonds. The number of fused-ring (bicyclic) bond motifs is 1. The van der Waals surface area contributed by atoms with Crippen LogP contribution in [0.2, 0.25) is 0 Å². The maximum absolute atomic E-state index is 10.8. The highest BCUT2D eigenvalue weighted by atomic mass is 32.1. The topological polar surface area (TPSA) is 56.9 Å². The second-order valence-electron chi connectivity index (χ2n) is 6.52. The van der Waals surface area contributed by atoms with Gasteiger partial charge in [-0.15, -0.1) is 5.10 Å². The van der Waals surface area contributed by atoms with Crippen LogP contribution in [0.25, 0.3) is 4.96 Å². The van der Waals surface area contributed by atoms with Crippen LogP contribution in [0.5, 0.6) is 5.88 Å². The summed E-state index contributed by atoms with van der Waals surface area (Å²) < 4.78 is 1.59. The van der Waals surface area contributed by atoms with Gasteiger partial charge in [0.2, 0.25) is 10.8 Å². The van der Waals surface area contributed by atoms with Crippen LogP contribution in [0.15, 0.2) is 30.3 Å². The first-order valence-corrected chi connectivity index (χ1v) is 9.54. The van der Waals surface area contributed by atoms with E-state index in [1.54, 1.807) is 15.9 Å². The molecular weight excluding hydrogens is 334 g/mol. The zero-order valence-electron chi connectivity index (χ0n) is 14.6. The maximum Gasteiger partial charge on any atom is 0.230 e. The summed E-state index contributed by atoms with van der Waals surface area (Å²) >= 11 is 1.54. The van der Waals surface area contributed by atoms with E-state index >= 15 is 0 Å². The van der Waals surface area contributed by atoms with E-state index < -0.39 is 0 Å². The van der Waals surface area contributed by atoms with Crippen molar-refractivity contribution in [2.75, 3.05) is 33.2 Å². The van der Waals surface area contributed by atoms with Gasteiger partial charge in [0.25, 0.3) is 0 Å². The third-order valence-electron chi connectivity index (χ3n) is 4.83. The lowest BCUT2D eigenvalue weighted by Gasteiger charge is -2.37. The number of nitrogens with zero attached hydrogens (tertiary/aromatic N) is 5. The largest absolute Gasteiger partial charge is 0.492 e. The van der Waals surface area contributed by atoms with Crippen molar-refractivity contribution >= 4 is 16.3 Å². The standard InChI is InChI=1S/C18H23N5OS/c1-3-14-19-18-23(20-14)17(24)16(25-18)15(13-7-5-4-6-8-13)22-11-9-21(2)10-12-22/h4-8,15,24H,3,9-12H2,1-2H3. The van der Waals surface area contributed by atoms with Crippen molar-refractivity contribution in [1.29, 1.82) is 0 Å². The van der Waals surface area contributed by atoms with Crippen LogP contribution in [0.4, 0.5) is 0 Å². The number of thiazole rings is 1. The lowest BCUT2D eigenvalue weighted by atomic mass is 10.0. The van der Waals surface area contributed by atoms with E-state index in [1.807, 2.05) is 13.0 Å². The number of piperazine rings is 1. The van der Waals surface area contributed by atoms with Crippen LogP contribution in [-0.4, -0.2) is 62.7 Å². The van der Waals surface area contributed by atoms with Gasteiger partial charge < -0.3 is 10.0 Å². The Balaban J connectivity index is 1.78. The molecule has 3 aromatic rings. The molecule has 4 rings (SSSR count). The molecule has 1 unspecified atom stereocenters. The minimum atomic E-state index is 0.0356. The van der Waals surface area contributed by atoms with Crippen LogP contribution in [0, 0.1) is 0 Å². The summed E-state index contributed by atoms with van der Waals surface area (Å²) in [6.45, 7) is 6.04. The molecule has 6 nitrogen and oxygen atoms in total. The Labute approximate surface area is 151 Å². The number of rotatable bonds is 4. The van der Waals surface area contributed by atoms with Crippen molar-refractivity contribution in [2.45, 2.75) is 19.4 Å². The fourth-order valence-corrected chi connectivity index (χ4v) is 4.50. The number of aryl methyl sites for hydroxylation is 1. The molecule has 132 valence electrons. The summed E-state index contributed by atoms with van der Waals surface area (Å²) in [4.78, 5) is 11.0. The minimum Gasteiger partial charge on any atom is -0.492 e. The number of benzene rings is 1. The molecule has 1 aromatic carbocycles. The van der Waals surface area contributed by atoms with Crippen LogP contribution in [0.3, 0.4) is 0 Å². The van der Waals surface area contributed by atoms with Crippen LogP contribution in [-0.2, 0) is 6.42 Å². The second-order valence-corrected chi connectivity index (χ2v) is 7.53. The third-order valence-corrected chi connectivity index (χ3v) is 5.90. The Morgan fingerprint density at radius 2 is 1.88 bits per heavy atom. The third kappa shape index (κ3) is 3.03. The van der Waals surface area contributed by atoms with Crippen molar-refractivity contribution in [3.63, 3.8) is 0 Å². The predicted octanol–water partition coefficient (Wildman–Crippen LogP) is 2.40. The van der Waals surface area contributed by atoms with E-state index in [2.05, 4.69) is 51.2 Å². The average molecular weight is 357 g/mol. The van der Waals surface area contributed by atoms with E-state index in [0.29, 0.717) is 0 Å². The average Bonchev–Trinajstić information content (AvgIpc) is 3.18. The Bertz CT molecular complexity index is 851. The van der Waals surface area contributed by atoms with Gasteiger partial charge in [-0.1, -0.05) is 48.6 Å². The number of aromatic nitrogens is 3. The summed E-state index contributed by atoms with van der Waals surface area (Å²) in [5, 5.41) is 15.3. The summed E-state index contributed by atoms with van der Waals surface area (Å²) in [6.07, 6.45) is 0.768. The summed E-state index contributed by atoms with van der Waals surface area (Å²) in [7, 11) is 2.15. The van der Waals surface area contributed by atoms with Gasteiger partial charge in [-0.2, -0.15) is 4.52 Å². The first kappa shape index (κ1) is 16.5. The van der Waals surface area contributed by atoms with E-state index in [-0.39, 0.29) is 11.9 Å². The van der Waals surface area contributed by atoms with Gasteiger partial charge in [-0.25, -0.2) is 4.98 Å². The van der Waals surface area contributed by atoms with Gasteiger partial charge in [-0.05, 0) is 12.6 Å². The lowest BCUT2D eigenvalue weighted by Crippen LogP contribution is -2.46. The lowest BCUT2D eigenvalue weighted by molar-refractivity contribution is 0.127. The first-order chi connectivity index (χ1) is 12.2. The Kier molecular flexibility index (Phi) is 4.45. The van der Waals surface area contributed by atoms with Crippen molar-refractivity contribution in [2.24, 2.45) is 0 Å². The fraction of sp³-hybridized carbons (Fsp3) is 0.444. The SMILES string of the molecule is CCc1nc2sc(C(c3ccccc3)N3CCN(C)CC3)c(O)n2n1. The van der Waals surface area contributed by atoms with Gasteiger partial charge in [0, 0.05) is 32.6 Å².